The van der Waals surface area contributed by atoms with Crippen LogP contribution >= 0.6 is 15.9 Å². The molecular weight excluding hydrogens is 340 g/mol. The minimum Gasteiger partial charge on any atom is -0.399 e. The predicted octanol–water partition coefficient (Wildman–Crippen LogP) is 3.28. The summed E-state index contributed by atoms with van der Waals surface area (Å²) < 4.78 is 27.7. The third-order valence-corrected chi connectivity index (χ3v) is 4.92. The molecule has 0 aliphatic rings. The summed E-state index contributed by atoms with van der Waals surface area (Å²) in [5.41, 5.74) is 8.41. The van der Waals surface area contributed by atoms with Gasteiger partial charge in [-0.2, -0.15) is 0 Å². The van der Waals surface area contributed by atoms with Gasteiger partial charge in [-0.3, -0.25) is 4.72 Å². The van der Waals surface area contributed by atoms with E-state index in [-0.39, 0.29) is 5.75 Å². The van der Waals surface area contributed by atoms with Crippen molar-refractivity contribution in [3.05, 3.63) is 58.1 Å². The number of sulfonamides is 1. The number of rotatable bonds is 4. The van der Waals surface area contributed by atoms with Crippen LogP contribution in [0.25, 0.3) is 0 Å². The fourth-order valence-electron chi connectivity index (χ4n) is 1.76. The van der Waals surface area contributed by atoms with Crippen LogP contribution in [-0.2, 0) is 15.8 Å². The lowest BCUT2D eigenvalue weighted by Gasteiger charge is -2.09. The molecule has 0 radical (unpaired) electrons. The second-order valence-corrected chi connectivity index (χ2v) is 7.14. The number of halogens is 1. The van der Waals surface area contributed by atoms with Crippen LogP contribution < -0.4 is 10.5 Å². The molecule has 0 atom stereocenters. The van der Waals surface area contributed by atoms with E-state index in [4.69, 9.17) is 5.73 Å². The number of anilines is 2. The van der Waals surface area contributed by atoms with Gasteiger partial charge in [-0.1, -0.05) is 28.1 Å². The number of nitrogens with two attached hydrogens (primary N) is 1. The Labute approximate surface area is 127 Å². The highest BCUT2D eigenvalue weighted by atomic mass is 79.9. The number of benzene rings is 2. The van der Waals surface area contributed by atoms with E-state index in [1.165, 1.54) is 0 Å². The van der Waals surface area contributed by atoms with Crippen molar-refractivity contribution in [2.75, 3.05) is 10.5 Å². The molecule has 2 aromatic rings. The lowest BCUT2D eigenvalue weighted by molar-refractivity contribution is 0.600. The summed E-state index contributed by atoms with van der Waals surface area (Å²) in [4.78, 5) is 0. The topological polar surface area (TPSA) is 72.2 Å². The first-order valence-electron chi connectivity index (χ1n) is 5.97. The minimum atomic E-state index is -3.44. The second-order valence-electron chi connectivity index (χ2n) is 4.57. The molecule has 0 aliphatic heterocycles. The van der Waals surface area contributed by atoms with Crippen molar-refractivity contribution in [2.24, 2.45) is 0 Å². The molecule has 2 aromatic carbocycles. The molecule has 3 N–H and O–H groups in total. The van der Waals surface area contributed by atoms with Gasteiger partial charge in [-0.25, -0.2) is 8.42 Å². The van der Waals surface area contributed by atoms with Gasteiger partial charge in [0.2, 0.25) is 10.0 Å². The minimum absolute atomic E-state index is 0.0810. The first-order chi connectivity index (χ1) is 9.35. The Morgan fingerprint density at radius 3 is 2.40 bits per heavy atom. The summed E-state index contributed by atoms with van der Waals surface area (Å²) >= 11 is 3.38. The van der Waals surface area contributed by atoms with Crippen molar-refractivity contribution in [1.82, 2.24) is 0 Å². The normalized spacial score (nSPS) is 11.3. The van der Waals surface area contributed by atoms with Crippen LogP contribution in [-0.4, -0.2) is 8.42 Å². The van der Waals surface area contributed by atoms with Crippen molar-refractivity contribution in [2.45, 2.75) is 12.7 Å². The number of hydrogen-bond acceptors (Lipinski definition) is 3. The smallest absolute Gasteiger partial charge is 0.236 e. The molecular formula is C14H15BrN2O2S. The second kappa shape index (κ2) is 5.85. The number of hydrogen-bond donors (Lipinski definition) is 2. The van der Waals surface area contributed by atoms with Crippen molar-refractivity contribution >= 4 is 37.3 Å². The molecule has 0 saturated carbocycles. The Morgan fingerprint density at radius 2 is 1.80 bits per heavy atom. The highest BCUT2D eigenvalue weighted by Gasteiger charge is 2.12. The first-order valence-corrected chi connectivity index (χ1v) is 8.41. The van der Waals surface area contributed by atoms with Gasteiger partial charge in [0.25, 0.3) is 0 Å². The maximum Gasteiger partial charge on any atom is 0.236 e. The molecule has 0 unspecified atom stereocenters. The van der Waals surface area contributed by atoms with Crippen LogP contribution in [0, 0.1) is 6.92 Å². The summed E-state index contributed by atoms with van der Waals surface area (Å²) in [6, 6.07) is 12.1. The van der Waals surface area contributed by atoms with Crippen molar-refractivity contribution in [3.8, 4) is 0 Å². The largest absolute Gasteiger partial charge is 0.399 e. The van der Waals surface area contributed by atoms with Crippen LogP contribution in [0.3, 0.4) is 0 Å². The van der Waals surface area contributed by atoms with Crippen molar-refractivity contribution < 1.29 is 8.42 Å². The molecule has 0 saturated heterocycles. The molecule has 0 aliphatic carbocycles. The lowest BCUT2D eigenvalue weighted by Crippen LogP contribution is -2.15. The van der Waals surface area contributed by atoms with Gasteiger partial charge in [-0.15, -0.1) is 0 Å². The fourth-order valence-corrected chi connectivity index (χ4v) is 3.19. The molecule has 4 nitrogen and oxygen atoms in total. The Morgan fingerprint density at radius 1 is 1.15 bits per heavy atom. The average molecular weight is 355 g/mol. The van der Waals surface area contributed by atoms with Gasteiger partial charge < -0.3 is 5.73 Å². The molecule has 0 bridgehead atoms. The van der Waals surface area contributed by atoms with Gasteiger partial charge in [0.05, 0.1) is 5.75 Å². The van der Waals surface area contributed by atoms with E-state index in [0.29, 0.717) is 16.9 Å². The van der Waals surface area contributed by atoms with Crippen LogP contribution in [0.4, 0.5) is 11.4 Å². The van der Waals surface area contributed by atoms with Crippen LogP contribution in [0.1, 0.15) is 11.1 Å². The number of nitrogen functional groups attached to an aromatic ring is 1. The molecule has 0 aromatic heterocycles. The zero-order chi connectivity index (χ0) is 14.8. The summed E-state index contributed by atoms with van der Waals surface area (Å²) in [7, 11) is -3.44. The molecule has 0 amide bonds. The monoisotopic (exact) mass is 354 g/mol. The van der Waals surface area contributed by atoms with Gasteiger partial charge in [0, 0.05) is 15.8 Å². The summed E-state index contributed by atoms with van der Waals surface area (Å²) in [5, 5.41) is 0. The molecule has 20 heavy (non-hydrogen) atoms. The molecule has 106 valence electrons. The lowest BCUT2D eigenvalue weighted by atomic mass is 10.2. The van der Waals surface area contributed by atoms with Gasteiger partial charge >= 0.3 is 0 Å². The zero-order valence-electron chi connectivity index (χ0n) is 10.9. The Balaban J connectivity index is 2.14. The van der Waals surface area contributed by atoms with Crippen LogP contribution in [0.15, 0.2) is 46.9 Å². The Bertz CT molecular complexity index is 712. The van der Waals surface area contributed by atoms with E-state index in [1.807, 2.05) is 13.0 Å². The molecule has 0 spiro atoms. The quantitative estimate of drug-likeness (QED) is 0.827. The van der Waals surface area contributed by atoms with Crippen molar-refractivity contribution in [3.63, 3.8) is 0 Å². The van der Waals surface area contributed by atoms with E-state index in [9.17, 15) is 8.42 Å². The van der Waals surface area contributed by atoms with Crippen LogP contribution in [0.2, 0.25) is 0 Å². The number of aryl methyl sites for hydroxylation is 1. The SMILES string of the molecule is Cc1cc(NS(=O)(=O)Cc2ccc(N)cc2)ccc1Br. The third-order valence-electron chi connectivity index (χ3n) is 2.77. The summed E-state index contributed by atoms with van der Waals surface area (Å²) in [6.45, 7) is 1.90. The third kappa shape index (κ3) is 3.98. The van der Waals surface area contributed by atoms with E-state index >= 15 is 0 Å². The maximum atomic E-state index is 12.1. The van der Waals surface area contributed by atoms with E-state index in [2.05, 4.69) is 20.7 Å². The first kappa shape index (κ1) is 14.9. The van der Waals surface area contributed by atoms with Crippen molar-refractivity contribution in [1.29, 1.82) is 0 Å². The Hall–Kier alpha value is -1.53. The molecule has 0 fully saturated rings. The fraction of sp³-hybridized carbons (Fsp3) is 0.143. The number of nitrogens with one attached hydrogen (secondary N) is 1. The van der Waals surface area contributed by atoms with Gasteiger partial charge in [0.15, 0.2) is 0 Å². The highest BCUT2D eigenvalue weighted by molar-refractivity contribution is 9.10. The predicted molar refractivity (Wildman–Crippen MR) is 86.0 cm³/mol. The average Bonchev–Trinajstić information content (AvgIpc) is 2.36. The van der Waals surface area contributed by atoms with E-state index in [0.717, 1.165) is 10.0 Å². The standard InChI is InChI=1S/C14H15BrN2O2S/c1-10-8-13(6-7-14(10)15)17-20(18,19)9-11-2-4-12(16)5-3-11/h2-8,17H,9,16H2,1H3. The maximum absolute atomic E-state index is 12.1. The van der Waals surface area contributed by atoms with E-state index < -0.39 is 10.0 Å². The van der Waals surface area contributed by atoms with Gasteiger partial charge in [0.1, 0.15) is 0 Å². The van der Waals surface area contributed by atoms with Crippen LogP contribution in [0.5, 0.6) is 0 Å². The molecule has 0 heterocycles. The van der Waals surface area contributed by atoms with E-state index in [1.54, 1.807) is 36.4 Å². The molecule has 6 heteroatoms. The Kier molecular flexibility index (Phi) is 4.35. The summed E-state index contributed by atoms with van der Waals surface area (Å²) in [5.74, 6) is -0.0810. The molecule has 2 rings (SSSR count). The highest BCUT2D eigenvalue weighted by Crippen LogP contribution is 2.21. The zero-order valence-corrected chi connectivity index (χ0v) is 13.3. The van der Waals surface area contributed by atoms with Gasteiger partial charge in [-0.05, 0) is 48.4 Å². The summed E-state index contributed by atoms with van der Waals surface area (Å²) in [6.07, 6.45) is 0.